The molecule has 0 saturated heterocycles. The molecule has 0 unspecified atom stereocenters. The van der Waals surface area contributed by atoms with E-state index < -0.39 is 0 Å². The van der Waals surface area contributed by atoms with Crippen molar-refractivity contribution in [3.05, 3.63) is 51.7 Å². The number of thiophene rings is 1. The van der Waals surface area contributed by atoms with Crippen molar-refractivity contribution in [2.24, 2.45) is 0 Å². The van der Waals surface area contributed by atoms with E-state index >= 15 is 0 Å². The zero-order chi connectivity index (χ0) is 13.2. The van der Waals surface area contributed by atoms with Crippen LogP contribution in [0.1, 0.15) is 5.82 Å². The highest BCUT2D eigenvalue weighted by molar-refractivity contribution is 7.98. The minimum atomic E-state index is 0.526. The van der Waals surface area contributed by atoms with Gasteiger partial charge in [0.15, 0.2) is 0 Å². The molecule has 96 valence electrons. The van der Waals surface area contributed by atoms with Gasteiger partial charge in [0.2, 0.25) is 0 Å². The van der Waals surface area contributed by atoms with Gasteiger partial charge in [-0.15, -0.1) is 23.1 Å². The van der Waals surface area contributed by atoms with Gasteiger partial charge >= 0.3 is 0 Å². The molecule has 3 rings (SSSR count). The van der Waals surface area contributed by atoms with Crippen molar-refractivity contribution in [3.63, 3.8) is 0 Å². The summed E-state index contributed by atoms with van der Waals surface area (Å²) in [6.45, 7) is 0. The average Bonchev–Trinajstić information content (AvgIpc) is 2.87. The van der Waals surface area contributed by atoms with Crippen LogP contribution >= 0.6 is 46.3 Å². The van der Waals surface area contributed by atoms with Gasteiger partial charge in [0.05, 0.1) is 5.75 Å². The molecule has 3 aromatic rings. The topological polar surface area (TPSA) is 25.8 Å². The number of rotatable bonds is 3. The maximum atomic E-state index is 6.13. The fourth-order valence-corrected chi connectivity index (χ4v) is 3.57. The Morgan fingerprint density at radius 3 is 2.63 bits per heavy atom. The first-order valence-corrected chi connectivity index (χ1v) is 8.12. The second kappa shape index (κ2) is 5.67. The van der Waals surface area contributed by atoms with Gasteiger partial charge < -0.3 is 0 Å². The van der Waals surface area contributed by atoms with Crippen LogP contribution in [-0.2, 0) is 5.75 Å². The molecular formula is C13H8Cl2N2S2. The molecule has 0 N–H and O–H groups in total. The Balaban J connectivity index is 1.79. The highest BCUT2D eigenvalue weighted by Crippen LogP contribution is 2.28. The Hall–Kier alpha value is -0.810. The van der Waals surface area contributed by atoms with E-state index in [1.165, 1.54) is 0 Å². The van der Waals surface area contributed by atoms with Crippen LogP contribution in [-0.4, -0.2) is 9.97 Å². The van der Waals surface area contributed by atoms with Gasteiger partial charge in [0, 0.05) is 15.3 Å². The molecule has 2 aromatic heterocycles. The van der Waals surface area contributed by atoms with Gasteiger partial charge in [0.1, 0.15) is 15.8 Å². The maximum absolute atomic E-state index is 6.13. The molecule has 6 heteroatoms. The fraction of sp³-hybridized carbons (Fsp3) is 0.0769. The summed E-state index contributed by atoms with van der Waals surface area (Å²) >= 11 is 15.2. The molecule has 2 nitrogen and oxygen atoms in total. The van der Waals surface area contributed by atoms with Crippen LogP contribution in [0.5, 0.6) is 0 Å². The number of hydrogen-bond donors (Lipinski definition) is 0. The second-order valence-corrected chi connectivity index (χ2v) is 6.55. The predicted octanol–water partition coefficient (Wildman–Crippen LogP) is 5.29. The SMILES string of the molecule is Clc1ccc(SCc2nc(Cl)c3ccsc3n2)cc1. The van der Waals surface area contributed by atoms with E-state index in [0.717, 1.165) is 26.0 Å². The Labute approximate surface area is 128 Å². The first-order valence-electron chi connectivity index (χ1n) is 5.50. The largest absolute Gasteiger partial charge is 0.221 e. The molecule has 0 aliphatic carbocycles. The minimum Gasteiger partial charge on any atom is -0.221 e. The van der Waals surface area contributed by atoms with Crippen molar-refractivity contribution in [2.45, 2.75) is 10.6 Å². The van der Waals surface area contributed by atoms with Gasteiger partial charge in [-0.25, -0.2) is 9.97 Å². The monoisotopic (exact) mass is 326 g/mol. The lowest BCUT2D eigenvalue weighted by Gasteiger charge is -2.02. The molecule has 0 aliphatic heterocycles. The minimum absolute atomic E-state index is 0.526. The summed E-state index contributed by atoms with van der Waals surface area (Å²) in [7, 11) is 0. The van der Waals surface area contributed by atoms with Crippen LogP contribution in [0.3, 0.4) is 0 Å². The summed E-state index contributed by atoms with van der Waals surface area (Å²) in [6, 6.07) is 9.66. The lowest BCUT2D eigenvalue weighted by atomic mass is 10.4. The quantitative estimate of drug-likeness (QED) is 0.483. The van der Waals surface area contributed by atoms with Crippen LogP contribution in [0.15, 0.2) is 40.6 Å². The van der Waals surface area contributed by atoms with Crippen molar-refractivity contribution >= 4 is 56.5 Å². The Morgan fingerprint density at radius 1 is 1.05 bits per heavy atom. The molecule has 0 spiro atoms. The van der Waals surface area contributed by atoms with E-state index in [0.29, 0.717) is 10.9 Å². The zero-order valence-corrected chi connectivity index (χ0v) is 12.8. The number of nitrogens with zero attached hydrogens (tertiary/aromatic N) is 2. The summed E-state index contributed by atoms with van der Waals surface area (Å²) in [6.07, 6.45) is 0. The molecule has 0 radical (unpaired) electrons. The predicted molar refractivity (Wildman–Crippen MR) is 83.4 cm³/mol. The van der Waals surface area contributed by atoms with E-state index in [9.17, 15) is 0 Å². The number of aromatic nitrogens is 2. The number of halogens is 2. The Morgan fingerprint density at radius 2 is 1.84 bits per heavy atom. The highest BCUT2D eigenvalue weighted by Gasteiger charge is 2.07. The number of fused-ring (bicyclic) bond motifs is 1. The van der Waals surface area contributed by atoms with Crippen molar-refractivity contribution in [1.29, 1.82) is 0 Å². The number of benzene rings is 1. The number of hydrogen-bond acceptors (Lipinski definition) is 4. The first kappa shape index (κ1) is 13.2. The Bertz CT molecular complexity index is 710. The van der Waals surface area contributed by atoms with Crippen molar-refractivity contribution in [1.82, 2.24) is 9.97 Å². The van der Waals surface area contributed by atoms with Gasteiger partial charge in [-0.05, 0) is 35.7 Å². The molecule has 1 aromatic carbocycles. The zero-order valence-electron chi connectivity index (χ0n) is 9.64. The summed E-state index contributed by atoms with van der Waals surface area (Å²) in [4.78, 5) is 10.9. The third-order valence-corrected chi connectivity index (χ3v) is 4.86. The normalized spacial score (nSPS) is 11.1. The van der Waals surface area contributed by atoms with Crippen LogP contribution in [0.25, 0.3) is 10.2 Å². The fourth-order valence-electron chi connectivity index (χ4n) is 1.60. The molecule has 0 fully saturated rings. The van der Waals surface area contributed by atoms with Gasteiger partial charge in [0.25, 0.3) is 0 Å². The van der Waals surface area contributed by atoms with E-state index in [1.807, 2.05) is 35.7 Å². The smallest absolute Gasteiger partial charge is 0.142 e. The van der Waals surface area contributed by atoms with E-state index in [2.05, 4.69) is 9.97 Å². The van der Waals surface area contributed by atoms with Crippen LogP contribution in [0.4, 0.5) is 0 Å². The molecule has 0 saturated carbocycles. The lowest BCUT2D eigenvalue weighted by molar-refractivity contribution is 1.08. The van der Waals surface area contributed by atoms with Crippen molar-refractivity contribution in [2.75, 3.05) is 0 Å². The van der Waals surface area contributed by atoms with Gasteiger partial charge in [-0.1, -0.05) is 23.2 Å². The molecule has 0 aliphatic rings. The number of thioether (sulfide) groups is 1. The summed E-state index contributed by atoms with van der Waals surface area (Å²) in [5, 5.41) is 4.16. The van der Waals surface area contributed by atoms with Crippen molar-refractivity contribution in [3.8, 4) is 0 Å². The van der Waals surface area contributed by atoms with Crippen LogP contribution in [0, 0.1) is 0 Å². The van der Waals surface area contributed by atoms with E-state index in [-0.39, 0.29) is 0 Å². The molecule has 2 heterocycles. The summed E-state index contributed by atoms with van der Waals surface area (Å²) in [5.41, 5.74) is 0. The average molecular weight is 327 g/mol. The third-order valence-electron chi connectivity index (χ3n) is 2.51. The Kier molecular flexibility index (Phi) is 3.93. The highest BCUT2D eigenvalue weighted by atomic mass is 35.5. The van der Waals surface area contributed by atoms with E-state index in [4.69, 9.17) is 23.2 Å². The van der Waals surface area contributed by atoms with Crippen LogP contribution in [0.2, 0.25) is 10.2 Å². The molecular weight excluding hydrogens is 319 g/mol. The second-order valence-electron chi connectivity index (χ2n) is 3.81. The van der Waals surface area contributed by atoms with Gasteiger partial charge in [-0.2, -0.15) is 0 Å². The molecule has 0 atom stereocenters. The summed E-state index contributed by atoms with van der Waals surface area (Å²) in [5.74, 6) is 1.44. The van der Waals surface area contributed by atoms with Gasteiger partial charge in [-0.3, -0.25) is 0 Å². The third kappa shape index (κ3) is 3.03. The van der Waals surface area contributed by atoms with Crippen molar-refractivity contribution < 1.29 is 0 Å². The lowest BCUT2D eigenvalue weighted by Crippen LogP contribution is -1.92. The molecule has 0 amide bonds. The van der Waals surface area contributed by atoms with E-state index in [1.54, 1.807) is 23.1 Å². The standard InChI is InChI=1S/C13H8Cl2N2S2/c14-8-1-3-9(4-2-8)19-7-11-16-12(15)10-5-6-18-13(10)17-11/h1-6H,7H2. The van der Waals surface area contributed by atoms with Crippen LogP contribution < -0.4 is 0 Å². The first-order chi connectivity index (χ1) is 9.22. The summed E-state index contributed by atoms with van der Waals surface area (Å²) < 4.78 is 0. The molecule has 0 bridgehead atoms. The maximum Gasteiger partial charge on any atom is 0.142 e. The molecule has 19 heavy (non-hydrogen) atoms.